The zero-order chi connectivity index (χ0) is 26.9. The number of aliphatic hydroxyl groups excluding tert-OH is 1. The number of ether oxygens (including phenoxy) is 1. The van der Waals surface area contributed by atoms with Crippen LogP contribution in [0.3, 0.4) is 0 Å². The number of hydrogen-bond acceptors (Lipinski definition) is 10. The standard InChI is InChI=1S/C22H26N6O2S.2CH2O2/c1-13-7-14-9-18(31-21(14)17(8-13)30-2)19-15(11-29)16(10-27-5-3-24-4-6-27)28-20(19)22(23)25-12-26-28;2*2-1-3/h7-9,12,24,29H,3-6,10-11H2,1-2H3,(H2,23,25,26);2*1H,(H,2,3). The Hall–Kier alpha value is -3.78. The van der Waals surface area contributed by atoms with Crippen LogP contribution in [0.4, 0.5) is 5.82 Å². The highest BCUT2D eigenvalue weighted by molar-refractivity contribution is 7.22. The number of nitrogens with one attached hydrogen (secondary N) is 1. The fourth-order valence-corrected chi connectivity index (χ4v) is 5.65. The first-order chi connectivity index (χ1) is 17.9. The normalized spacial score (nSPS) is 13.4. The lowest BCUT2D eigenvalue weighted by molar-refractivity contribution is -0.123. The summed E-state index contributed by atoms with van der Waals surface area (Å²) in [6, 6.07) is 6.34. The molecule has 1 aliphatic rings. The second-order valence-electron chi connectivity index (χ2n) is 8.10. The van der Waals surface area contributed by atoms with Crippen LogP contribution >= 0.6 is 11.3 Å². The number of nitrogen functional groups attached to an aromatic ring is 1. The van der Waals surface area contributed by atoms with E-state index < -0.39 is 0 Å². The van der Waals surface area contributed by atoms with Crippen molar-refractivity contribution in [2.45, 2.75) is 20.1 Å². The molecule has 1 fully saturated rings. The smallest absolute Gasteiger partial charge is 0.290 e. The van der Waals surface area contributed by atoms with E-state index in [1.165, 1.54) is 6.33 Å². The van der Waals surface area contributed by atoms with Crippen molar-refractivity contribution in [2.75, 3.05) is 39.0 Å². The van der Waals surface area contributed by atoms with Crippen molar-refractivity contribution in [3.05, 3.63) is 41.3 Å². The first-order valence-corrected chi connectivity index (χ1v) is 12.2. The van der Waals surface area contributed by atoms with Crippen LogP contribution in [-0.2, 0) is 22.7 Å². The first-order valence-electron chi connectivity index (χ1n) is 11.3. The highest BCUT2D eigenvalue weighted by Gasteiger charge is 2.25. The predicted molar refractivity (Wildman–Crippen MR) is 141 cm³/mol. The van der Waals surface area contributed by atoms with Crippen LogP contribution in [0.2, 0.25) is 0 Å². The second kappa shape index (κ2) is 13.0. The summed E-state index contributed by atoms with van der Waals surface area (Å²) in [4.78, 5) is 24.4. The van der Waals surface area contributed by atoms with Crippen molar-refractivity contribution in [1.29, 1.82) is 0 Å². The fraction of sp³-hybridized carbons (Fsp3) is 0.333. The first kappa shape index (κ1) is 27.8. The van der Waals surface area contributed by atoms with Gasteiger partial charge in [-0.3, -0.25) is 14.5 Å². The number of carboxylic acid groups (broad SMARTS) is 2. The molecule has 0 saturated carbocycles. The zero-order valence-corrected chi connectivity index (χ0v) is 21.4. The number of piperazine rings is 1. The minimum absolute atomic E-state index is 0.0933. The maximum Gasteiger partial charge on any atom is 0.290 e. The van der Waals surface area contributed by atoms with Gasteiger partial charge in [0.05, 0.1) is 24.1 Å². The maximum atomic E-state index is 10.4. The van der Waals surface area contributed by atoms with Crippen molar-refractivity contribution in [3.8, 4) is 16.2 Å². The highest BCUT2D eigenvalue weighted by Crippen LogP contribution is 2.44. The molecule has 4 aromatic rings. The van der Waals surface area contributed by atoms with Crippen LogP contribution in [0.1, 0.15) is 16.8 Å². The Morgan fingerprint density at radius 1 is 1.19 bits per heavy atom. The maximum absolute atomic E-state index is 10.4. The van der Waals surface area contributed by atoms with Gasteiger partial charge in [0, 0.05) is 48.7 Å². The number of thiophene rings is 1. The number of rotatable bonds is 5. The molecule has 198 valence electrons. The molecule has 6 N–H and O–H groups in total. The Bertz CT molecular complexity index is 1360. The molecular formula is C24H30N6O6S. The Morgan fingerprint density at radius 3 is 2.49 bits per heavy atom. The van der Waals surface area contributed by atoms with Gasteiger partial charge in [-0.05, 0) is 30.0 Å². The lowest BCUT2D eigenvalue weighted by Crippen LogP contribution is -2.43. The van der Waals surface area contributed by atoms with Crippen molar-refractivity contribution in [1.82, 2.24) is 24.8 Å². The Kier molecular flexibility index (Phi) is 9.74. The molecule has 0 radical (unpaired) electrons. The van der Waals surface area contributed by atoms with E-state index in [2.05, 4.69) is 39.4 Å². The number of benzene rings is 1. The quantitative estimate of drug-likeness (QED) is 0.238. The van der Waals surface area contributed by atoms with Crippen molar-refractivity contribution in [2.24, 2.45) is 0 Å². The van der Waals surface area contributed by atoms with E-state index in [4.69, 9.17) is 30.3 Å². The van der Waals surface area contributed by atoms with Crippen LogP contribution in [0.5, 0.6) is 5.75 Å². The van der Waals surface area contributed by atoms with E-state index in [-0.39, 0.29) is 19.6 Å². The Labute approximate surface area is 216 Å². The minimum Gasteiger partial charge on any atom is -0.495 e. The van der Waals surface area contributed by atoms with Gasteiger partial charge >= 0.3 is 0 Å². The number of aryl methyl sites for hydroxylation is 1. The summed E-state index contributed by atoms with van der Waals surface area (Å²) in [5.74, 6) is 1.26. The van der Waals surface area contributed by atoms with Crippen LogP contribution in [-0.4, -0.2) is 81.1 Å². The van der Waals surface area contributed by atoms with E-state index in [1.54, 1.807) is 18.4 Å². The summed E-state index contributed by atoms with van der Waals surface area (Å²) in [6.07, 6.45) is 1.48. The largest absolute Gasteiger partial charge is 0.495 e. The SMILES string of the molecule is COc1cc(C)cc2cc(-c3c(CO)c(CN4CCNCC4)n4ncnc(N)c34)sc12.O=CO.O=CO. The number of anilines is 1. The third-order valence-electron chi connectivity index (χ3n) is 5.89. The van der Waals surface area contributed by atoms with Gasteiger partial charge in [0.1, 0.15) is 17.6 Å². The molecule has 5 rings (SSSR count). The molecule has 13 heteroatoms. The summed E-state index contributed by atoms with van der Waals surface area (Å²) in [5.41, 5.74) is 11.0. The lowest BCUT2D eigenvalue weighted by atomic mass is 10.1. The molecule has 0 bridgehead atoms. The van der Waals surface area contributed by atoms with Gasteiger partial charge in [0.15, 0.2) is 5.82 Å². The average molecular weight is 531 g/mol. The third kappa shape index (κ3) is 5.97. The number of nitrogens with zero attached hydrogens (tertiary/aromatic N) is 4. The van der Waals surface area contributed by atoms with Crippen molar-refractivity contribution >= 4 is 45.7 Å². The molecule has 1 aliphatic heterocycles. The zero-order valence-electron chi connectivity index (χ0n) is 20.5. The van der Waals surface area contributed by atoms with Gasteiger partial charge in [-0.25, -0.2) is 9.50 Å². The molecule has 0 spiro atoms. The van der Waals surface area contributed by atoms with E-state index in [1.807, 2.05) is 10.6 Å². The van der Waals surface area contributed by atoms with Gasteiger partial charge < -0.3 is 31.1 Å². The van der Waals surface area contributed by atoms with Crippen LogP contribution < -0.4 is 15.8 Å². The van der Waals surface area contributed by atoms with Crippen LogP contribution in [0.25, 0.3) is 26.0 Å². The topological polar surface area (TPSA) is 176 Å². The summed E-state index contributed by atoms with van der Waals surface area (Å²) in [7, 11) is 1.69. The molecular weight excluding hydrogens is 500 g/mol. The molecule has 1 aromatic carbocycles. The number of aromatic nitrogens is 3. The molecule has 0 aliphatic carbocycles. The molecule has 3 aromatic heterocycles. The number of methoxy groups -OCH3 is 1. The molecule has 12 nitrogen and oxygen atoms in total. The van der Waals surface area contributed by atoms with Crippen molar-refractivity contribution in [3.63, 3.8) is 0 Å². The van der Waals surface area contributed by atoms with E-state index >= 15 is 0 Å². The van der Waals surface area contributed by atoms with Gasteiger partial charge in [-0.15, -0.1) is 11.3 Å². The molecule has 1 saturated heterocycles. The number of carbonyl (C=O) groups is 2. The Morgan fingerprint density at radius 2 is 1.86 bits per heavy atom. The van der Waals surface area contributed by atoms with Gasteiger partial charge in [0.2, 0.25) is 0 Å². The molecule has 37 heavy (non-hydrogen) atoms. The van der Waals surface area contributed by atoms with Crippen molar-refractivity contribution < 1.29 is 29.6 Å². The average Bonchev–Trinajstić information content (AvgIpc) is 3.44. The summed E-state index contributed by atoms with van der Waals surface area (Å²) in [5, 5.41) is 33.2. The number of hydrogen-bond donors (Lipinski definition) is 5. The lowest BCUT2D eigenvalue weighted by Gasteiger charge is -2.27. The van der Waals surface area contributed by atoms with Gasteiger partial charge in [-0.2, -0.15) is 5.10 Å². The monoisotopic (exact) mass is 530 g/mol. The van der Waals surface area contributed by atoms with Crippen LogP contribution in [0.15, 0.2) is 24.5 Å². The van der Waals surface area contributed by atoms with Gasteiger partial charge in [-0.1, -0.05) is 6.07 Å². The molecule has 0 unspecified atom stereocenters. The number of nitrogens with two attached hydrogens (primary N) is 1. The van der Waals surface area contributed by atoms with E-state index in [0.29, 0.717) is 12.4 Å². The second-order valence-corrected chi connectivity index (χ2v) is 9.15. The Balaban J connectivity index is 0.000000580. The summed E-state index contributed by atoms with van der Waals surface area (Å²) >= 11 is 1.64. The molecule has 0 atom stereocenters. The third-order valence-corrected chi connectivity index (χ3v) is 7.08. The van der Waals surface area contributed by atoms with E-state index in [0.717, 1.165) is 74.8 Å². The van der Waals surface area contributed by atoms with Crippen LogP contribution in [0, 0.1) is 6.92 Å². The molecule has 0 amide bonds. The van der Waals surface area contributed by atoms with Gasteiger partial charge in [0.25, 0.3) is 12.9 Å². The predicted octanol–water partition coefficient (Wildman–Crippen LogP) is 1.81. The highest BCUT2D eigenvalue weighted by atomic mass is 32.1. The molecule has 4 heterocycles. The minimum atomic E-state index is -0.250. The summed E-state index contributed by atoms with van der Waals surface area (Å²) in [6.45, 7) is 5.98. The van der Waals surface area contributed by atoms with E-state index in [9.17, 15) is 5.11 Å². The number of aliphatic hydroxyl groups is 1. The fourth-order valence-electron chi connectivity index (χ4n) is 4.44. The summed E-state index contributed by atoms with van der Waals surface area (Å²) < 4.78 is 8.56. The number of fused-ring (bicyclic) bond motifs is 2.